The largest absolute Gasteiger partial charge is 0.494 e. The molecule has 0 bridgehead atoms. The van der Waals surface area contributed by atoms with Crippen LogP contribution < -0.4 is 4.74 Å². The zero-order valence-corrected chi connectivity index (χ0v) is 14.0. The van der Waals surface area contributed by atoms with Gasteiger partial charge in [-0.2, -0.15) is 4.98 Å². The van der Waals surface area contributed by atoms with Crippen LogP contribution in [0.1, 0.15) is 31.5 Å². The van der Waals surface area contributed by atoms with E-state index < -0.39 is 0 Å². The van der Waals surface area contributed by atoms with Crippen LogP contribution in [0.15, 0.2) is 35.1 Å². The van der Waals surface area contributed by atoms with Crippen molar-refractivity contribution in [3.05, 3.63) is 42.3 Å². The maximum Gasteiger partial charge on any atom is 0.226 e. The minimum absolute atomic E-state index is 0.602. The number of rotatable bonds is 8. The Morgan fingerprint density at radius 2 is 2.00 bits per heavy atom. The maximum atomic E-state index is 5.57. The van der Waals surface area contributed by atoms with Gasteiger partial charge in [-0.15, -0.1) is 10.2 Å². The second-order valence-electron chi connectivity index (χ2n) is 5.60. The molecule has 1 aromatic carbocycles. The van der Waals surface area contributed by atoms with Gasteiger partial charge in [0, 0.05) is 25.5 Å². The van der Waals surface area contributed by atoms with Crippen molar-refractivity contribution in [2.24, 2.45) is 7.05 Å². The first-order chi connectivity index (χ1) is 11.8. The van der Waals surface area contributed by atoms with E-state index in [2.05, 4.69) is 27.3 Å². The average molecular weight is 327 g/mol. The fraction of sp³-hybridized carbons (Fsp3) is 0.412. The van der Waals surface area contributed by atoms with Crippen molar-refractivity contribution in [1.29, 1.82) is 0 Å². The normalized spacial score (nSPS) is 10.9. The first-order valence-electron chi connectivity index (χ1n) is 8.15. The summed E-state index contributed by atoms with van der Waals surface area (Å²) >= 11 is 0. The highest BCUT2D eigenvalue weighted by Crippen LogP contribution is 2.20. The smallest absolute Gasteiger partial charge is 0.226 e. The van der Waals surface area contributed by atoms with Gasteiger partial charge in [0.25, 0.3) is 0 Å². The van der Waals surface area contributed by atoms with E-state index >= 15 is 0 Å². The Bertz CT molecular complexity index is 763. The van der Waals surface area contributed by atoms with Crippen LogP contribution in [-0.2, 0) is 19.9 Å². The molecule has 24 heavy (non-hydrogen) atoms. The second kappa shape index (κ2) is 7.72. The van der Waals surface area contributed by atoms with Crippen LogP contribution in [0.4, 0.5) is 0 Å². The average Bonchev–Trinajstić information content (AvgIpc) is 3.23. The third-order valence-electron chi connectivity index (χ3n) is 3.65. The Hall–Kier alpha value is -2.70. The van der Waals surface area contributed by atoms with E-state index in [1.165, 1.54) is 0 Å². The third kappa shape index (κ3) is 3.98. The van der Waals surface area contributed by atoms with Gasteiger partial charge in [-0.25, -0.2) is 0 Å². The van der Waals surface area contributed by atoms with Gasteiger partial charge in [0.1, 0.15) is 17.9 Å². The number of hydrogen-bond donors (Lipinski definition) is 0. The van der Waals surface area contributed by atoms with E-state index in [-0.39, 0.29) is 0 Å². The van der Waals surface area contributed by atoms with Crippen molar-refractivity contribution >= 4 is 0 Å². The zero-order valence-electron chi connectivity index (χ0n) is 14.0. The number of ether oxygens (including phenoxy) is 1. The standard InChI is InChI=1S/C17H21N5O2/c1-3-11-23-14-9-7-13(8-10-14)17-19-16(24-21-17)6-4-5-15-20-18-12-22(15)2/h7-10,12H,3-6,11H2,1-2H3. The summed E-state index contributed by atoms with van der Waals surface area (Å²) < 4.78 is 12.8. The number of benzene rings is 1. The molecule has 0 unspecified atom stereocenters. The SMILES string of the molecule is CCCOc1ccc(-c2noc(CCCc3nncn3C)n2)cc1. The van der Waals surface area contributed by atoms with Gasteiger partial charge >= 0.3 is 0 Å². The van der Waals surface area contributed by atoms with Gasteiger partial charge in [-0.05, 0) is 37.1 Å². The van der Waals surface area contributed by atoms with Crippen LogP contribution >= 0.6 is 0 Å². The van der Waals surface area contributed by atoms with E-state index in [1.54, 1.807) is 6.33 Å². The molecule has 0 radical (unpaired) electrons. The molecule has 2 heterocycles. The minimum Gasteiger partial charge on any atom is -0.494 e. The molecule has 7 heteroatoms. The molecule has 7 nitrogen and oxygen atoms in total. The molecular weight excluding hydrogens is 306 g/mol. The summed E-state index contributed by atoms with van der Waals surface area (Å²) in [5, 5.41) is 12.0. The summed E-state index contributed by atoms with van der Waals surface area (Å²) in [6, 6.07) is 7.74. The number of nitrogens with zero attached hydrogens (tertiary/aromatic N) is 5. The summed E-state index contributed by atoms with van der Waals surface area (Å²) in [5.41, 5.74) is 0.919. The van der Waals surface area contributed by atoms with E-state index in [1.807, 2.05) is 35.9 Å². The Morgan fingerprint density at radius 3 is 2.71 bits per heavy atom. The predicted molar refractivity (Wildman–Crippen MR) is 88.5 cm³/mol. The van der Waals surface area contributed by atoms with Crippen LogP contribution in [0.3, 0.4) is 0 Å². The molecule has 0 spiro atoms. The van der Waals surface area contributed by atoms with E-state index in [9.17, 15) is 0 Å². The Labute approximate surface area is 140 Å². The molecule has 0 N–H and O–H groups in total. The first-order valence-corrected chi connectivity index (χ1v) is 8.15. The summed E-state index contributed by atoms with van der Waals surface area (Å²) in [6.07, 6.45) is 5.13. The highest BCUT2D eigenvalue weighted by atomic mass is 16.5. The quantitative estimate of drug-likeness (QED) is 0.633. The van der Waals surface area contributed by atoms with Gasteiger partial charge in [0.2, 0.25) is 11.7 Å². The van der Waals surface area contributed by atoms with Crippen LogP contribution in [-0.4, -0.2) is 31.5 Å². The van der Waals surface area contributed by atoms with Crippen molar-refractivity contribution in [1.82, 2.24) is 24.9 Å². The van der Waals surface area contributed by atoms with Crippen LogP contribution in [0, 0.1) is 0 Å². The Morgan fingerprint density at radius 1 is 1.17 bits per heavy atom. The molecule has 0 saturated carbocycles. The van der Waals surface area contributed by atoms with Gasteiger partial charge in [0.05, 0.1) is 6.61 Å². The minimum atomic E-state index is 0.602. The van der Waals surface area contributed by atoms with E-state index in [0.717, 1.165) is 49.4 Å². The highest BCUT2D eigenvalue weighted by molar-refractivity contribution is 5.55. The monoisotopic (exact) mass is 327 g/mol. The van der Waals surface area contributed by atoms with Crippen molar-refractivity contribution in [2.45, 2.75) is 32.6 Å². The Balaban J connectivity index is 1.55. The molecule has 0 aliphatic carbocycles. The molecule has 3 aromatic rings. The molecule has 126 valence electrons. The van der Waals surface area contributed by atoms with Gasteiger partial charge < -0.3 is 13.8 Å². The maximum absolute atomic E-state index is 5.57. The summed E-state index contributed by atoms with van der Waals surface area (Å²) in [4.78, 5) is 4.45. The van der Waals surface area contributed by atoms with E-state index in [0.29, 0.717) is 11.7 Å². The summed E-state index contributed by atoms with van der Waals surface area (Å²) in [5.74, 6) is 3.05. The van der Waals surface area contributed by atoms with Gasteiger partial charge in [-0.1, -0.05) is 12.1 Å². The molecule has 0 atom stereocenters. The number of aryl methyl sites for hydroxylation is 3. The van der Waals surface area contributed by atoms with Gasteiger partial charge in [-0.3, -0.25) is 0 Å². The molecule has 0 fully saturated rings. The lowest BCUT2D eigenvalue weighted by Gasteiger charge is -2.03. The molecule has 0 saturated heterocycles. The number of hydrogen-bond acceptors (Lipinski definition) is 6. The first kappa shape index (κ1) is 16.2. The number of aromatic nitrogens is 5. The zero-order chi connectivity index (χ0) is 16.8. The van der Waals surface area contributed by atoms with Crippen molar-refractivity contribution < 1.29 is 9.26 Å². The topological polar surface area (TPSA) is 78.9 Å². The molecule has 0 aliphatic rings. The van der Waals surface area contributed by atoms with Crippen molar-refractivity contribution in [3.8, 4) is 17.1 Å². The lowest BCUT2D eigenvalue weighted by Crippen LogP contribution is -1.98. The van der Waals surface area contributed by atoms with Crippen molar-refractivity contribution in [2.75, 3.05) is 6.61 Å². The Kier molecular flexibility index (Phi) is 5.20. The lowest BCUT2D eigenvalue weighted by molar-refractivity contribution is 0.317. The van der Waals surface area contributed by atoms with Crippen LogP contribution in [0.25, 0.3) is 11.4 Å². The van der Waals surface area contributed by atoms with Crippen LogP contribution in [0.2, 0.25) is 0 Å². The fourth-order valence-electron chi connectivity index (χ4n) is 2.33. The molecule has 2 aromatic heterocycles. The van der Waals surface area contributed by atoms with Crippen molar-refractivity contribution in [3.63, 3.8) is 0 Å². The molecule has 0 amide bonds. The summed E-state index contributed by atoms with van der Waals surface area (Å²) in [6.45, 7) is 2.80. The molecule has 0 aliphatic heterocycles. The second-order valence-corrected chi connectivity index (χ2v) is 5.60. The summed E-state index contributed by atoms with van der Waals surface area (Å²) in [7, 11) is 1.94. The third-order valence-corrected chi connectivity index (χ3v) is 3.65. The van der Waals surface area contributed by atoms with Crippen LogP contribution in [0.5, 0.6) is 5.75 Å². The highest BCUT2D eigenvalue weighted by Gasteiger charge is 2.09. The van der Waals surface area contributed by atoms with Gasteiger partial charge in [0.15, 0.2) is 0 Å². The lowest BCUT2D eigenvalue weighted by atomic mass is 10.2. The van der Waals surface area contributed by atoms with E-state index in [4.69, 9.17) is 9.26 Å². The molecular formula is C17H21N5O2. The molecule has 3 rings (SSSR count). The fourth-order valence-corrected chi connectivity index (χ4v) is 2.33. The predicted octanol–water partition coefficient (Wildman–Crippen LogP) is 2.83.